The van der Waals surface area contributed by atoms with Crippen molar-refractivity contribution < 1.29 is 8.42 Å². The maximum absolute atomic E-state index is 11.9. The Balaban J connectivity index is 2.37. The van der Waals surface area contributed by atoms with Gasteiger partial charge in [-0.1, -0.05) is 12.1 Å². The fourth-order valence-corrected chi connectivity index (χ4v) is 3.09. The molecule has 1 heterocycles. The summed E-state index contributed by atoms with van der Waals surface area (Å²) >= 11 is 1.21. The van der Waals surface area contributed by atoms with Gasteiger partial charge in [-0.25, -0.2) is 13.4 Å². The van der Waals surface area contributed by atoms with Crippen molar-refractivity contribution in [1.82, 2.24) is 4.98 Å². The van der Waals surface area contributed by atoms with E-state index in [-0.39, 0.29) is 10.6 Å². The molecule has 0 aliphatic rings. The van der Waals surface area contributed by atoms with Gasteiger partial charge >= 0.3 is 0 Å². The third kappa shape index (κ3) is 2.15. The molecule has 5 nitrogen and oxygen atoms in total. The molecule has 16 heavy (non-hydrogen) atoms. The van der Waals surface area contributed by atoms with Gasteiger partial charge in [-0.15, -0.1) is 11.3 Å². The number of para-hydroxylation sites is 1. The van der Waals surface area contributed by atoms with E-state index < -0.39 is 10.0 Å². The predicted molar refractivity (Wildman–Crippen MR) is 63.8 cm³/mol. The number of nitrogen functional groups attached to an aromatic ring is 1. The highest BCUT2D eigenvalue weighted by Gasteiger charge is 2.17. The van der Waals surface area contributed by atoms with E-state index in [0.717, 1.165) is 0 Å². The molecular formula is C9H9N3O2S2. The van der Waals surface area contributed by atoms with Gasteiger partial charge in [0.25, 0.3) is 10.0 Å². The number of aromatic nitrogens is 1. The smallest absolute Gasteiger partial charge is 0.265 e. The van der Waals surface area contributed by atoms with Gasteiger partial charge in [-0.3, -0.25) is 4.72 Å². The quantitative estimate of drug-likeness (QED) is 0.814. The first-order chi connectivity index (χ1) is 7.59. The molecule has 2 aromatic rings. The molecule has 0 saturated heterocycles. The Morgan fingerprint density at radius 3 is 2.69 bits per heavy atom. The fraction of sp³-hybridized carbons (Fsp3) is 0. The fourth-order valence-electron chi connectivity index (χ4n) is 1.17. The maximum atomic E-state index is 11.9. The average molecular weight is 255 g/mol. The molecule has 0 aliphatic carbocycles. The standard InChI is InChI=1S/C9H9N3O2S2/c10-7-3-1-2-4-8(7)16(13,14)12-9-11-5-6-15-9/h1-6H,10H2,(H,11,12). The molecule has 1 aromatic heterocycles. The van der Waals surface area contributed by atoms with Crippen LogP contribution in [-0.4, -0.2) is 13.4 Å². The van der Waals surface area contributed by atoms with E-state index in [1.165, 1.54) is 29.7 Å². The molecule has 0 saturated carbocycles. The Kier molecular flexibility index (Phi) is 2.80. The van der Waals surface area contributed by atoms with Crippen molar-refractivity contribution in [2.24, 2.45) is 0 Å². The molecule has 2 rings (SSSR count). The van der Waals surface area contributed by atoms with Crippen molar-refractivity contribution >= 4 is 32.2 Å². The highest BCUT2D eigenvalue weighted by atomic mass is 32.2. The van der Waals surface area contributed by atoms with Crippen LogP contribution in [-0.2, 0) is 10.0 Å². The first-order valence-electron chi connectivity index (χ1n) is 4.36. The number of anilines is 2. The van der Waals surface area contributed by atoms with E-state index >= 15 is 0 Å². The van der Waals surface area contributed by atoms with Crippen LogP contribution >= 0.6 is 11.3 Å². The summed E-state index contributed by atoms with van der Waals surface area (Å²) in [6, 6.07) is 6.28. The lowest BCUT2D eigenvalue weighted by Gasteiger charge is -2.07. The van der Waals surface area contributed by atoms with E-state index in [4.69, 9.17) is 5.73 Å². The minimum Gasteiger partial charge on any atom is -0.398 e. The van der Waals surface area contributed by atoms with Crippen molar-refractivity contribution in [1.29, 1.82) is 0 Å². The number of sulfonamides is 1. The van der Waals surface area contributed by atoms with E-state index in [9.17, 15) is 8.42 Å². The highest BCUT2D eigenvalue weighted by Crippen LogP contribution is 2.21. The van der Waals surface area contributed by atoms with Crippen LogP contribution < -0.4 is 10.5 Å². The van der Waals surface area contributed by atoms with Crippen molar-refractivity contribution in [3.05, 3.63) is 35.8 Å². The predicted octanol–water partition coefficient (Wildman–Crippen LogP) is 1.53. The zero-order chi connectivity index (χ0) is 11.6. The van der Waals surface area contributed by atoms with Crippen molar-refractivity contribution in [2.75, 3.05) is 10.5 Å². The zero-order valence-electron chi connectivity index (χ0n) is 8.12. The minimum absolute atomic E-state index is 0.0604. The summed E-state index contributed by atoms with van der Waals surface area (Å²) < 4.78 is 26.1. The van der Waals surface area contributed by atoms with Gasteiger partial charge in [0.05, 0.1) is 5.69 Å². The minimum atomic E-state index is -3.64. The Morgan fingerprint density at radius 2 is 2.06 bits per heavy atom. The van der Waals surface area contributed by atoms with Gasteiger partial charge in [0.15, 0.2) is 5.13 Å². The number of hydrogen-bond donors (Lipinski definition) is 2. The Morgan fingerprint density at radius 1 is 1.31 bits per heavy atom. The molecule has 84 valence electrons. The number of thiazole rings is 1. The van der Waals surface area contributed by atoms with Crippen molar-refractivity contribution in [3.63, 3.8) is 0 Å². The number of hydrogen-bond acceptors (Lipinski definition) is 5. The van der Waals surface area contributed by atoms with Gasteiger partial charge in [0.2, 0.25) is 0 Å². The summed E-state index contributed by atoms with van der Waals surface area (Å²) in [4.78, 5) is 3.90. The second-order valence-corrected chi connectivity index (χ2v) is 5.53. The normalized spacial score (nSPS) is 11.2. The van der Waals surface area contributed by atoms with Crippen LogP contribution in [0.1, 0.15) is 0 Å². The largest absolute Gasteiger partial charge is 0.398 e. The molecule has 1 aromatic carbocycles. The van der Waals surface area contributed by atoms with Crippen LogP contribution in [0.5, 0.6) is 0 Å². The second-order valence-electron chi connectivity index (χ2n) is 2.98. The molecule has 0 aliphatic heterocycles. The topological polar surface area (TPSA) is 85.1 Å². The van der Waals surface area contributed by atoms with E-state index in [1.807, 2.05) is 0 Å². The van der Waals surface area contributed by atoms with E-state index in [2.05, 4.69) is 9.71 Å². The summed E-state index contributed by atoms with van der Waals surface area (Å²) in [7, 11) is -3.64. The number of benzene rings is 1. The van der Waals surface area contributed by atoms with Crippen LogP contribution in [0, 0.1) is 0 Å². The molecule has 0 amide bonds. The first kappa shape index (κ1) is 10.9. The monoisotopic (exact) mass is 255 g/mol. The SMILES string of the molecule is Nc1ccccc1S(=O)(=O)Nc1nccs1. The van der Waals surface area contributed by atoms with Gasteiger partial charge in [0, 0.05) is 11.6 Å². The summed E-state index contributed by atoms with van der Waals surface area (Å²) in [6.07, 6.45) is 1.52. The van der Waals surface area contributed by atoms with Gasteiger partial charge in [-0.2, -0.15) is 0 Å². The van der Waals surface area contributed by atoms with Gasteiger partial charge in [0.1, 0.15) is 4.90 Å². The Bertz CT molecular complexity index is 579. The van der Waals surface area contributed by atoms with Crippen LogP contribution in [0.25, 0.3) is 0 Å². The molecule has 0 unspecified atom stereocenters. The Labute approximate surface area is 97.0 Å². The maximum Gasteiger partial charge on any atom is 0.265 e. The summed E-state index contributed by atoms with van der Waals surface area (Å²) in [5.74, 6) is 0. The zero-order valence-corrected chi connectivity index (χ0v) is 9.75. The van der Waals surface area contributed by atoms with Gasteiger partial charge in [-0.05, 0) is 12.1 Å². The molecule has 0 spiro atoms. The molecular weight excluding hydrogens is 246 g/mol. The summed E-state index contributed by atoms with van der Waals surface area (Å²) in [5.41, 5.74) is 5.81. The molecule has 0 radical (unpaired) electrons. The number of nitrogens with two attached hydrogens (primary N) is 1. The van der Waals surface area contributed by atoms with Gasteiger partial charge < -0.3 is 5.73 Å². The summed E-state index contributed by atoms with van der Waals surface area (Å²) in [5, 5.41) is 2.01. The summed E-state index contributed by atoms with van der Waals surface area (Å²) in [6.45, 7) is 0. The van der Waals surface area contributed by atoms with Crippen molar-refractivity contribution in [2.45, 2.75) is 4.90 Å². The third-order valence-corrected chi connectivity index (χ3v) is 4.09. The molecule has 0 fully saturated rings. The lowest BCUT2D eigenvalue weighted by atomic mass is 10.3. The lowest BCUT2D eigenvalue weighted by Crippen LogP contribution is -2.14. The highest BCUT2D eigenvalue weighted by molar-refractivity contribution is 7.93. The number of nitrogens with zero attached hydrogens (tertiary/aromatic N) is 1. The van der Waals surface area contributed by atoms with Crippen LogP contribution in [0.4, 0.5) is 10.8 Å². The Hall–Kier alpha value is -1.60. The van der Waals surface area contributed by atoms with Crippen LogP contribution in [0.3, 0.4) is 0 Å². The second kappa shape index (κ2) is 4.11. The third-order valence-electron chi connectivity index (χ3n) is 1.86. The van der Waals surface area contributed by atoms with Crippen molar-refractivity contribution in [3.8, 4) is 0 Å². The lowest BCUT2D eigenvalue weighted by molar-refractivity contribution is 0.601. The van der Waals surface area contributed by atoms with Crippen LogP contribution in [0.15, 0.2) is 40.7 Å². The van der Waals surface area contributed by atoms with E-state index in [1.54, 1.807) is 17.5 Å². The first-order valence-corrected chi connectivity index (χ1v) is 6.73. The molecule has 7 heteroatoms. The number of rotatable bonds is 3. The average Bonchev–Trinajstić information content (AvgIpc) is 2.70. The van der Waals surface area contributed by atoms with Crippen LogP contribution in [0.2, 0.25) is 0 Å². The molecule has 3 N–H and O–H groups in total. The molecule has 0 bridgehead atoms. The molecule has 0 atom stereocenters. The van der Waals surface area contributed by atoms with E-state index in [0.29, 0.717) is 5.13 Å². The number of nitrogens with one attached hydrogen (secondary N) is 1.